The highest BCUT2D eigenvalue weighted by Crippen LogP contribution is 2.31. The molecular weight excluding hydrogens is 437 g/mol. The second kappa shape index (κ2) is 9.35. The number of alkyl halides is 3. The van der Waals surface area contributed by atoms with Crippen LogP contribution in [-0.4, -0.2) is 59.3 Å². The standard InChI is InChI=1S/C23H21F3N4O3/c24-23(25,26)18-3-1-4-20(15-18)28-11-13-29(14-12-28)21(31)16-33-22(32)17-5-7-19(8-6-17)30-10-2-9-27-30/h1-10,15H,11-14,16H2. The van der Waals surface area contributed by atoms with Crippen LogP contribution < -0.4 is 4.90 Å². The van der Waals surface area contributed by atoms with Gasteiger partial charge in [0.15, 0.2) is 6.61 Å². The molecule has 0 atom stereocenters. The van der Waals surface area contributed by atoms with Crippen LogP contribution in [0.4, 0.5) is 18.9 Å². The van der Waals surface area contributed by atoms with E-state index < -0.39 is 24.3 Å². The zero-order valence-corrected chi connectivity index (χ0v) is 17.5. The number of aromatic nitrogens is 2. The molecular formula is C23H21F3N4O3. The van der Waals surface area contributed by atoms with Crippen molar-refractivity contribution >= 4 is 17.6 Å². The average molecular weight is 458 g/mol. The van der Waals surface area contributed by atoms with Crippen LogP contribution in [0.3, 0.4) is 0 Å². The second-order valence-electron chi connectivity index (χ2n) is 7.49. The zero-order chi connectivity index (χ0) is 23.4. The molecule has 2 heterocycles. The van der Waals surface area contributed by atoms with Crippen LogP contribution in [0, 0.1) is 0 Å². The Kier molecular flexibility index (Phi) is 6.34. The van der Waals surface area contributed by atoms with E-state index in [1.54, 1.807) is 58.4 Å². The highest BCUT2D eigenvalue weighted by atomic mass is 19.4. The molecule has 172 valence electrons. The minimum atomic E-state index is -4.41. The summed E-state index contributed by atoms with van der Waals surface area (Å²) in [6.07, 6.45) is -0.983. The Morgan fingerprint density at radius 1 is 0.939 bits per heavy atom. The van der Waals surface area contributed by atoms with Gasteiger partial charge in [-0.1, -0.05) is 6.07 Å². The largest absolute Gasteiger partial charge is 0.452 e. The SMILES string of the molecule is O=C(OCC(=O)N1CCN(c2cccc(C(F)(F)F)c2)CC1)c1ccc(-n2cccn2)cc1. The monoisotopic (exact) mass is 458 g/mol. The van der Waals surface area contributed by atoms with Crippen molar-refractivity contribution in [2.24, 2.45) is 0 Å². The molecule has 2 aromatic carbocycles. The maximum atomic E-state index is 12.9. The molecule has 1 saturated heterocycles. The molecule has 1 fully saturated rings. The number of carbonyl (C=O) groups excluding carboxylic acids is 2. The van der Waals surface area contributed by atoms with Crippen molar-refractivity contribution in [3.8, 4) is 5.69 Å². The summed E-state index contributed by atoms with van der Waals surface area (Å²) in [6, 6.07) is 13.5. The molecule has 7 nitrogen and oxygen atoms in total. The van der Waals surface area contributed by atoms with Gasteiger partial charge in [-0.05, 0) is 48.5 Å². The molecule has 0 unspecified atom stereocenters. The Morgan fingerprint density at radius 2 is 1.67 bits per heavy atom. The lowest BCUT2D eigenvalue weighted by Gasteiger charge is -2.36. The average Bonchev–Trinajstić information content (AvgIpc) is 3.37. The van der Waals surface area contributed by atoms with Crippen LogP contribution in [0.5, 0.6) is 0 Å². The van der Waals surface area contributed by atoms with E-state index in [2.05, 4.69) is 5.10 Å². The van der Waals surface area contributed by atoms with Crippen LogP contribution in [0.15, 0.2) is 67.0 Å². The number of amides is 1. The van der Waals surface area contributed by atoms with E-state index in [4.69, 9.17) is 4.74 Å². The Hall–Kier alpha value is -3.82. The third-order valence-electron chi connectivity index (χ3n) is 5.37. The third kappa shape index (κ3) is 5.33. The van der Waals surface area contributed by atoms with Gasteiger partial charge in [-0.3, -0.25) is 4.79 Å². The summed E-state index contributed by atoms with van der Waals surface area (Å²) in [5.41, 5.74) is 0.851. The molecule has 1 aliphatic heterocycles. The fourth-order valence-electron chi connectivity index (χ4n) is 3.57. The van der Waals surface area contributed by atoms with Crippen molar-refractivity contribution in [2.75, 3.05) is 37.7 Å². The van der Waals surface area contributed by atoms with E-state index >= 15 is 0 Å². The van der Waals surface area contributed by atoms with Gasteiger partial charge in [0.2, 0.25) is 0 Å². The summed E-state index contributed by atoms with van der Waals surface area (Å²) in [5, 5.41) is 4.11. The molecule has 0 N–H and O–H groups in total. The van der Waals surface area contributed by atoms with Crippen LogP contribution in [-0.2, 0) is 15.7 Å². The Morgan fingerprint density at radius 3 is 2.30 bits per heavy atom. The molecule has 0 bridgehead atoms. The van der Waals surface area contributed by atoms with Gasteiger partial charge in [-0.2, -0.15) is 18.3 Å². The molecule has 1 aliphatic rings. The van der Waals surface area contributed by atoms with E-state index in [0.29, 0.717) is 37.4 Å². The van der Waals surface area contributed by atoms with Crippen LogP contribution in [0.1, 0.15) is 15.9 Å². The number of anilines is 1. The van der Waals surface area contributed by atoms with Crippen molar-refractivity contribution in [3.05, 3.63) is 78.1 Å². The lowest BCUT2D eigenvalue weighted by atomic mass is 10.1. The Balaban J connectivity index is 1.27. The van der Waals surface area contributed by atoms with Crippen molar-refractivity contribution in [2.45, 2.75) is 6.18 Å². The maximum absolute atomic E-state index is 12.9. The number of hydrogen-bond donors (Lipinski definition) is 0. The van der Waals surface area contributed by atoms with E-state index in [1.165, 1.54) is 11.0 Å². The van der Waals surface area contributed by atoms with Gasteiger partial charge >= 0.3 is 12.1 Å². The highest BCUT2D eigenvalue weighted by molar-refractivity contribution is 5.91. The van der Waals surface area contributed by atoms with E-state index in [-0.39, 0.29) is 5.91 Å². The summed E-state index contributed by atoms with van der Waals surface area (Å²) in [4.78, 5) is 28.0. The van der Waals surface area contributed by atoms with Gasteiger partial charge in [0, 0.05) is 44.3 Å². The number of benzene rings is 2. The van der Waals surface area contributed by atoms with Gasteiger partial charge in [0.1, 0.15) is 0 Å². The molecule has 0 aliphatic carbocycles. The Labute approximate surface area is 188 Å². The van der Waals surface area contributed by atoms with Gasteiger partial charge in [0.05, 0.1) is 16.8 Å². The zero-order valence-electron chi connectivity index (χ0n) is 17.5. The minimum Gasteiger partial charge on any atom is -0.452 e. The first-order chi connectivity index (χ1) is 15.8. The summed E-state index contributed by atoms with van der Waals surface area (Å²) >= 11 is 0. The van der Waals surface area contributed by atoms with Crippen molar-refractivity contribution in [3.63, 3.8) is 0 Å². The third-order valence-corrected chi connectivity index (χ3v) is 5.37. The highest BCUT2D eigenvalue weighted by Gasteiger charge is 2.31. The predicted molar refractivity (Wildman–Crippen MR) is 114 cm³/mol. The van der Waals surface area contributed by atoms with Crippen LogP contribution in [0.2, 0.25) is 0 Å². The van der Waals surface area contributed by atoms with E-state index in [9.17, 15) is 22.8 Å². The number of halogens is 3. The molecule has 1 aromatic heterocycles. The fraction of sp³-hybridized carbons (Fsp3) is 0.261. The number of rotatable bonds is 5. The lowest BCUT2D eigenvalue weighted by molar-refractivity contribution is -0.137. The summed E-state index contributed by atoms with van der Waals surface area (Å²) in [7, 11) is 0. The topological polar surface area (TPSA) is 67.7 Å². The molecule has 0 spiro atoms. The van der Waals surface area contributed by atoms with Gasteiger partial charge in [-0.25, -0.2) is 9.48 Å². The molecule has 0 radical (unpaired) electrons. The van der Waals surface area contributed by atoms with E-state index in [1.807, 2.05) is 0 Å². The maximum Gasteiger partial charge on any atom is 0.416 e. The first-order valence-corrected chi connectivity index (χ1v) is 10.3. The number of ether oxygens (including phenoxy) is 1. The summed E-state index contributed by atoms with van der Waals surface area (Å²) in [5.74, 6) is -0.960. The first-order valence-electron chi connectivity index (χ1n) is 10.3. The molecule has 1 amide bonds. The normalized spacial score (nSPS) is 14.3. The molecule has 3 aromatic rings. The lowest BCUT2D eigenvalue weighted by Crippen LogP contribution is -2.50. The smallest absolute Gasteiger partial charge is 0.416 e. The molecule has 10 heteroatoms. The second-order valence-corrected chi connectivity index (χ2v) is 7.49. The van der Waals surface area contributed by atoms with Crippen LogP contribution in [0.25, 0.3) is 5.69 Å². The van der Waals surface area contributed by atoms with Gasteiger partial charge in [-0.15, -0.1) is 0 Å². The molecule has 4 rings (SSSR count). The van der Waals surface area contributed by atoms with Crippen molar-refractivity contribution < 1.29 is 27.5 Å². The quantitative estimate of drug-likeness (QED) is 0.549. The predicted octanol–water partition coefficient (Wildman–Crippen LogP) is 3.40. The van der Waals surface area contributed by atoms with Crippen LogP contribution >= 0.6 is 0 Å². The van der Waals surface area contributed by atoms with Crippen molar-refractivity contribution in [1.82, 2.24) is 14.7 Å². The van der Waals surface area contributed by atoms with Crippen molar-refractivity contribution in [1.29, 1.82) is 0 Å². The van der Waals surface area contributed by atoms with Gasteiger partial charge < -0.3 is 14.5 Å². The number of carbonyl (C=O) groups is 2. The number of piperazine rings is 1. The number of hydrogen-bond acceptors (Lipinski definition) is 5. The fourth-order valence-corrected chi connectivity index (χ4v) is 3.57. The van der Waals surface area contributed by atoms with E-state index in [0.717, 1.165) is 17.8 Å². The molecule has 0 saturated carbocycles. The minimum absolute atomic E-state index is 0.313. The first kappa shape index (κ1) is 22.4. The Bertz CT molecular complexity index is 1110. The summed E-state index contributed by atoms with van der Waals surface area (Å²) in [6.45, 7) is 1.02. The summed E-state index contributed by atoms with van der Waals surface area (Å²) < 4.78 is 45.6. The number of esters is 1. The number of nitrogens with zero attached hydrogens (tertiary/aromatic N) is 4. The molecule has 33 heavy (non-hydrogen) atoms. The van der Waals surface area contributed by atoms with Gasteiger partial charge in [0.25, 0.3) is 5.91 Å².